The Hall–Kier alpha value is -2.18. The van der Waals surface area contributed by atoms with Crippen molar-refractivity contribution < 1.29 is 17.6 Å². The number of nitrogens with zero attached hydrogens (tertiary/aromatic N) is 2. The second-order valence-electron chi connectivity index (χ2n) is 4.54. The van der Waals surface area contributed by atoms with Crippen LogP contribution in [0.5, 0.6) is 0 Å². The van der Waals surface area contributed by atoms with Gasteiger partial charge in [-0.3, -0.25) is 0 Å². The SMILES string of the molecule is CNc1nc(-c2ccc(F)cc2C(F)(F)F)nc(C)c1C. The number of rotatable bonds is 2. The van der Waals surface area contributed by atoms with Gasteiger partial charge in [0, 0.05) is 23.9 Å². The van der Waals surface area contributed by atoms with E-state index in [9.17, 15) is 17.6 Å². The van der Waals surface area contributed by atoms with Crippen molar-refractivity contribution in [1.82, 2.24) is 9.97 Å². The van der Waals surface area contributed by atoms with Crippen molar-refractivity contribution in [1.29, 1.82) is 0 Å². The molecule has 0 aliphatic carbocycles. The third kappa shape index (κ3) is 2.96. The zero-order valence-electron chi connectivity index (χ0n) is 11.6. The number of aromatic nitrogens is 2. The molecule has 0 bridgehead atoms. The first kappa shape index (κ1) is 15.2. The van der Waals surface area contributed by atoms with Gasteiger partial charge in [0.15, 0.2) is 5.82 Å². The molecule has 0 saturated carbocycles. The van der Waals surface area contributed by atoms with E-state index in [0.29, 0.717) is 17.6 Å². The zero-order valence-corrected chi connectivity index (χ0v) is 11.6. The van der Waals surface area contributed by atoms with Crippen molar-refractivity contribution >= 4 is 5.82 Å². The Bertz CT molecular complexity index is 681. The summed E-state index contributed by atoms with van der Waals surface area (Å²) in [6.07, 6.45) is -4.68. The molecule has 21 heavy (non-hydrogen) atoms. The largest absolute Gasteiger partial charge is 0.417 e. The molecule has 112 valence electrons. The van der Waals surface area contributed by atoms with Crippen LogP contribution < -0.4 is 5.32 Å². The summed E-state index contributed by atoms with van der Waals surface area (Å²) < 4.78 is 52.2. The van der Waals surface area contributed by atoms with E-state index in [2.05, 4.69) is 15.3 Å². The fourth-order valence-corrected chi connectivity index (χ4v) is 1.94. The molecule has 0 amide bonds. The van der Waals surface area contributed by atoms with Gasteiger partial charge in [-0.05, 0) is 32.0 Å². The minimum Gasteiger partial charge on any atom is -0.373 e. The number of halogens is 4. The van der Waals surface area contributed by atoms with E-state index >= 15 is 0 Å². The molecule has 7 heteroatoms. The normalized spacial score (nSPS) is 11.6. The standard InChI is InChI=1S/C14H13F4N3/c1-7-8(2)20-13(21-12(7)19-3)10-5-4-9(15)6-11(10)14(16,17)18/h4-6H,1-3H3,(H,19,20,21). The molecule has 3 nitrogen and oxygen atoms in total. The van der Waals surface area contributed by atoms with Gasteiger partial charge in [0.25, 0.3) is 0 Å². The van der Waals surface area contributed by atoms with Crippen LogP contribution in [0.1, 0.15) is 16.8 Å². The summed E-state index contributed by atoms with van der Waals surface area (Å²) in [7, 11) is 1.62. The highest BCUT2D eigenvalue weighted by Crippen LogP contribution is 2.37. The van der Waals surface area contributed by atoms with Crippen LogP contribution in [0, 0.1) is 19.7 Å². The monoisotopic (exact) mass is 299 g/mol. The van der Waals surface area contributed by atoms with E-state index in [1.54, 1.807) is 20.9 Å². The highest BCUT2D eigenvalue weighted by atomic mass is 19.4. The molecule has 0 aliphatic rings. The number of aryl methyl sites for hydroxylation is 1. The molecule has 0 unspecified atom stereocenters. The molecule has 1 N–H and O–H groups in total. The Morgan fingerprint density at radius 2 is 1.76 bits per heavy atom. The maximum Gasteiger partial charge on any atom is 0.417 e. The van der Waals surface area contributed by atoms with E-state index in [4.69, 9.17) is 0 Å². The highest BCUT2D eigenvalue weighted by molar-refractivity contribution is 5.64. The number of hydrogen-bond acceptors (Lipinski definition) is 3. The predicted molar refractivity (Wildman–Crippen MR) is 71.4 cm³/mol. The summed E-state index contributed by atoms with van der Waals surface area (Å²) in [4.78, 5) is 8.16. The van der Waals surface area contributed by atoms with E-state index in [1.165, 1.54) is 0 Å². The number of anilines is 1. The van der Waals surface area contributed by atoms with Crippen LogP contribution >= 0.6 is 0 Å². The molecule has 0 radical (unpaired) electrons. The maximum absolute atomic E-state index is 13.1. The molecular weight excluding hydrogens is 286 g/mol. The molecule has 0 spiro atoms. The quantitative estimate of drug-likeness (QED) is 0.853. The van der Waals surface area contributed by atoms with Gasteiger partial charge in [-0.1, -0.05) is 0 Å². The summed E-state index contributed by atoms with van der Waals surface area (Å²) in [5, 5.41) is 2.81. The van der Waals surface area contributed by atoms with E-state index in [-0.39, 0.29) is 11.4 Å². The fraction of sp³-hybridized carbons (Fsp3) is 0.286. The number of nitrogens with one attached hydrogen (secondary N) is 1. The Labute approximate surface area is 119 Å². The Morgan fingerprint density at radius 3 is 2.33 bits per heavy atom. The predicted octanol–water partition coefficient (Wildman–Crippen LogP) is 3.96. The van der Waals surface area contributed by atoms with Crippen LogP contribution in [0.25, 0.3) is 11.4 Å². The maximum atomic E-state index is 13.1. The van der Waals surface area contributed by atoms with Crippen molar-refractivity contribution in [2.75, 3.05) is 12.4 Å². The Morgan fingerprint density at radius 1 is 1.10 bits per heavy atom. The first-order valence-electron chi connectivity index (χ1n) is 6.14. The molecule has 2 aromatic rings. The summed E-state index contributed by atoms with van der Waals surface area (Å²) in [5.41, 5.74) is -0.0324. The van der Waals surface area contributed by atoms with E-state index in [1.807, 2.05) is 0 Å². The minimum atomic E-state index is -4.68. The molecule has 0 saturated heterocycles. The van der Waals surface area contributed by atoms with Gasteiger partial charge in [-0.25, -0.2) is 14.4 Å². The summed E-state index contributed by atoms with van der Waals surface area (Å²) >= 11 is 0. The van der Waals surface area contributed by atoms with Crippen molar-refractivity contribution in [3.8, 4) is 11.4 Å². The molecule has 1 aromatic carbocycles. The average molecular weight is 299 g/mol. The van der Waals surface area contributed by atoms with Crippen LogP contribution in [0.3, 0.4) is 0 Å². The van der Waals surface area contributed by atoms with Crippen LogP contribution in [0.2, 0.25) is 0 Å². The highest BCUT2D eigenvalue weighted by Gasteiger charge is 2.35. The molecule has 1 heterocycles. The topological polar surface area (TPSA) is 37.8 Å². The van der Waals surface area contributed by atoms with Gasteiger partial charge in [-0.2, -0.15) is 13.2 Å². The fourth-order valence-electron chi connectivity index (χ4n) is 1.94. The lowest BCUT2D eigenvalue weighted by molar-refractivity contribution is -0.137. The van der Waals surface area contributed by atoms with E-state index < -0.39 is 17.6 Å². The summed E-state index contributed by atoms with van der Waals surface area (Å²) in [6.45, 7) is 3.44. The van der Waals surface area contributed by atoms with Gasteiger partial charge in [0.1, 0.15) is 11.6 Å². The van der Waals surface area contributed by atoms with Crippen LogP contribution in [0.4, 0.5) is 23.4 Å². The van der Waals surface area contributed by atoms with Gasteiger partial charge >= 0.3 is 6.18 Å². The van der Waals surface area contributed by atoms with Crippen molar-refractivity contribution in [2.45, 2.75) is 20.0 Å². The summed E-state index contributed by atoms with van der Waals surface area (Å²) in [5.74, 6) is -0.603. The van der Waals surface area contributed by atoms with Crippen molar-refractivity contribution in [3.05, 3.63) is 40.8 Å². The van der Waals surface area contributed by atoms with Gasteiger partial charge < -0.3 is 5.32 Å². The number of alkyl halides is 3. The lowest BCUT2D eigenvalue weighted by Gasteiger charge is -2.14. The van der Waals surface area contributed by atoms with Gasteiger partial charge in [0.2, 0.25) is 0 Å². The molecule has 0 fully saturated rings. The Kier molecular flexibility index (Phi) is 3.85. The van der Waals surface area contributed by atoms with Gasteiger partial charge in [-0.15, -0.1) is 0 Å². The second-order valence-corrected chi connectivity index (χ2v) is 4.54. The van der Waals surface area contributed by atoms with E-state index in [0.717, 1.165) is 17.7 Å². The molecule has 0 atom stereocenters. The molecule has 1 aromatic heterocycles. The minimum absolute atomic E-state index is 0.0882. The molecule has 2 rings (SSSR count). The second kappa shape index (κ2) is 5.31. The van der Waals surface area contributed by atoms with Crippen LogP contribution in [-0.2, 0) is 6.18 Å². The Balaban J connectivity index is 2.70. The average Bonchev–Trinajstić information content (AvgIpc) is 2.40. The smallest absolute Gasteiger partial charge is 0.373 e. The summed E-state index contributed by atoms with van der Waals surface area (Å²) in [6, 6.07) is 2.46. The first-order valence-corrected chi connectivity index (χ1v) is 6.14. The van der Waals surface area contributed by atoms with Crippen LogP contribution in [0.15, 0.2) is 18.2 Å². The van der Waals surface area contributed by atoms with Crippen molar-refractivity contribution in [2.24, 2.45) is 0 Å². The first-order chi connectivity index (χ1) is 9.74. The van der Waals surface area contributed by atoms with Crippen LogP contribution in [-0.4, -0.2) is 17.0 Å². The lowest BCUT2D eigenvalue weighted by Crippen LogP contribution is -2.10. The molecule has 0 aliphatic heterocycles. The third-order valence-electron chi connectivity index (χ3n) is 3.15. The lowest BCUT2D eigenvalue weighted by atomic mass is 10.1. The molecular formula is C14H13F4N3. The van der Waals surface area contributed by atoms with Gasteiger partial charge in [0.05, 0.1) is 5.56 Å². The number of benzene rings is 1. The zero-order chi connectivity index (χ0) is 15.8. The third-order valence-corrected chi connectivity index (χ3v) is 3.15. The number of hydrogen-bond donors (Lipinski definition) is 1. The van der Waals surface area contributed by atoms with Crippen molar-refractivity contribution in [3.63, 3.8) is 0 Å².